The molecule has 8 heteroatoms. The average molecular weight is 387 g/mol. The van der Waals surface area contributed by atoms with E-state index in [1.54, 1.807) is 18.2 Å². The van der Waals surface area contributed by atoms with Crippen LogP contribution in [0.25, 0.3) is 0 Å². The standard InChI is InChI=1S/C15H23BrN4O3/c1-10-9-19(11-8-17-12(16)13(18-11)22-5)6-7-20(10)14(21)23-15(2,3)4/h8,10H,6-7,9H2,1-5H3. The lowest BCUT2D eigenvalue weighted by atomic mass is 10.2. The van der Waals surface area contributed by atoms with E-state index in [1.165, 1.54) is 0 Å². The zero-order valence-corrected chi connectivity index (χ0v) is 15.8. The summed E-state index contributed by atoms with van der Waals surface area (Å²) in [6.45, 7) is 9.53. The van der Waals surface area contributed by atoms with E-state index in [9.17, 15) is 4.79 Å². The third kappa shape index (κ3) is 4.46. The molecule has 1 saturated heterocycles. The first-order valence-corrected chi connectivity index (χ1v) is 8.31. The molecule has 1 aliphatic rings. The number of amides is 1. The molecule has 2 rings (SSSR count). The SMILES string of the molecule is COc1nc(N2CCN(C(=O)OC(C)(C)C)C(C)C2)cnc1Br. The normalized spacial score (nSPS) is 18.8. The minimum atomic E-state index is -0.488. The van der Waals surface area contributed by atoms with Crippen LogP contribution in [0.5, 0.6) is 5.88 Å². The molecular weight excluding hydrogens is 364 g/mol. The molecule has 1 unspecified atom stereocenters. The van der Waals surface area contributed by atoms with E-state index in [0.717, 1.165) is 5.82 Å². The molecule has 1 amide bonds. The highest BCUT2D eigenvalue weighted by Crippen LogP contribution is 2.25. The predicted molar refractivity (Wildman–Crippen MR) is 90.9 cm³/mol. The molecule has 0 spiro atoms. The topological polar surface area (TPSA) is 67.8 Å². The van der Waals surface area contributed by atoms with Crippen molar-refractivity contribution in [3.63, 3.8) is 0 Å². The van der Waals surface area contributed by atoms with Gasteiger partial charge in [-0.2, -0.15) is 4.98 Å². The lowest BCUT2D eigenvalue weighted by Crippen LogP contribution is -2.55. The quantitative estimate of drug-likeness (QED) is 0.778. The van der Waals surface area contributed by atoms with Crippen LogP contribution in [-0.4, -0.2) is 59.3 Å². The zero-order valence-electron chi connectivity index (χ0n) is 14.2. The molecule has 0 aromatic carbocycles. The molecule has 1 aromatic rings. The molecule has 7 nitrogen and oxygen atoms in total. The Morgan fingerprint density at radius 3 is 2.65 bits per heavy atom. The first-order chi connectivity index (χ1) is 10.7. The van der Waals surface area contributed by atoms with Crippen molar-refractivity contribution in [2.45, 2.75) is 39.3 Å². The first-order valence-electron chi connectivity index (χ1n) is 7.52. The summed E-state index contributed by atoms with van der Waals surface area (Å²) in [5.74, 6) is 1.19. The van der Waals surface area contributed by atoms with Gasteiger partial charge < -0.3 is 19.3 Å². The van der Waals surface area contributed by atoms with Crippen molar-refractivity contribution in [3.05, 3.63) is 10.8 Å². The van der Waals surface area contributed by atoms with Crippen molar-refractivity contribution >= 4 is 27.8 Å². The van der Waals surface area contributed by atoms with Gasteiger partial charge in [0.2, 0.25) is 5.88 Å². The van der Waals surface area contributed by atoms with Gasteiger partial charge in [0, 0.05) is 25.7 Å². The highest BCUT2D eigenvalue weighted by Gasteiger charge is 2.31. The number of piperazine rings is 1. The van der Waals surface area contributed by atoms with E-state index < -0.39 is 5.60 Å². The number of nitrogens with zero attached hydrogens (tertiary/aromatic N) is 4. The van der Waals surface area contributed by atoms with Crippen molar-refractivity contribution in [2.75, 3.05) is 31.6 Å². The zero-order chi connectivity index (χ0) is 17.2. The number of rotatable bonds is 2. The van der Waals surface area contributed by atoms with Crippen molar-refractivity contribution in [1.82, 2.24) is 14.9 Å². The maximum Gasteiger partial charge on any atom is 0.410 e. The molecule has 0 N–H and O–H groups in total. The molecule has 0 radical (unpaired) electrons. The Kier molecular flexibility index (Phi) is 5.33. The van der Waals surface area contributed by atoms with Crippen LogP contribution in [0.3, 0.4) is 0 Å². The Balaban J connectivity index is 2.05. The van der Waals surface area contributed by atoms with Crippen LogP contribution >= 0.6 is 15.9 Å². The number of carbonyl (C=O) groups excluding carboxylic acids is 1. The maximum atomic E-state index is 12.2. The predicted octanol–water partition coefficient (Wildman–Crippen LogP) is 2.69. The molecule has 1 aliphatic heterocycles. The molecule has 0 saturated carbocycles. The van der Waals surface area contributed by atoms with E-state index in [0.29, 0.717) is 30.1 Å². The number of hydrogen-bond donors (Lipinski definition) is 0. The van der Waals surface area contributed by atoms with Crippen LogP contribution < -0.4 is 9.64 Å². The molecule has 0 bridgehead atoms. The van der Waals surface area contributed by atoms with E-state index >= 15 is 0 Å². The van der Waals surface area contributed by atoms with Gasteiger partial charge in [0.15, 0.2) is 10.4 Å². The second-order valence-corrected chi connectivity index (χ2v) is 7.25. The Bertz CT molecular complexity index is 576. The average Bonchev–Trinajstić information content (AvgIpc) is 2.45. The van der Waals surface area contributed by atoms with Gasteiger partial charge in [0.1, 0.15) is 5.60 Å². The lowest BCUT2D eigenvalue weighted by molar-refractivity contribution is 0.0158. The number of hydrogen-bond acceptors (Lipinski definition) is 6. The fourth-order valence-electron chi connectivity index (χ4n) is 2.39. The van der Waals surface area contributed by atoms with Crippen LogP contribution in [0.15, 0.2) is 10.8 Å². The summed E-state index contributed by atoms with van der Waals surface area (Å²) in [7, 11) is 1.56. The molecule has 1 fully saturated rings. The Morgan fingerprint density at radius 1 is 1.39 bits per heavy atom. The lowest BCUT2D eigenvalue weighted by Gasteiger charge is -2.40. The second kappa shape index (κ2) is 6.90. The number of halogens is 1. The molecule has 128 valence electrons. The molecule has 0 aliphatic carbocycles. The number of methoxy groups -OCH3 is 1. The Labute approximate surface area is 145 Å². The van der Waals surface area contributed by atoms with E-state index in [-0.39, 0.29) is 12.1 Å². The summed E-state index contributed by atoms with van der Waals surface area (Å²) >= 11 is 3.30. The van der Waals surface area contributed by atoms with Crippen molar-refractivity contribution in [1.29, 1.82) is 0 Å². The van der Waals surface area contributed by atoms with Crippen LogP contribution in [0.2, 0.25) is 0 Å². The van der Waals surface area contributed by atoms with Gasteiger partial charge in [0.05, 0.1) is 13.3 Å². The monoisotopic (exact) mass is 386 g/mol. The molecular formula is C15H23BrN4O3. The highest BCUT2D eigenvalue weighted by molar-refractivity contribution is 9.10. The number of ether oxygens (including phenoxy) is 2. The minimum Gasteiger partial charge on any atom is -0.479 e. The van der Waals surface area contributed by atoms with Gasteiger partial charge in [-0.05, 0) is 43.6 Å². The van der Waals surface area contributed by atoms with E-state index in [2.05, 4.69) is 30.8 Å². The van der Waals surface area contributed by atoms with E-state index in [1.807, 2.05) is 27.7 Å². The summed E-state index contributed by atoms with van der Waals surface area (Å²) in [6.07, 6.45) is 1.42. The summed E-state index contributed by atoms with van der Waals surface area (Å²) in [5.41, 5.74) is -0.488. The third-order valence-electron chi connectivity index (χ3n) is 3.46. The van der Waals surface area contributed by atoms with Crippen molar-refractivity contribution in [2.24, 2.45) is 0 Å². The molecule has 1 aromatic heterocycles. The summed E-state index contributed by atoms with van der Waals surface area (Å²) in [6, 6.07) is 0.0232. The van der Waals surface area contributed by atoms with Crippen LogP contribution in [0, 0.1) is 0 Å². The van der Waals surface area contributed by atoms with Gasteiger partial charge in [0.25, 0.3) is 0 Å². The van der Waals surface area contributed by atoms with Crippen molar-refractivity contribution < 1.29 is 14.3 Å². The van der Waals surface area contributed by atoms with Gasteiger partial charge in [-0.25, -0.2) is 9.78 Å². The summed E-state index contributed by atoms with van der Waals surface area (Å²) in [5, 5.41) is 0. The second-order valence-electron chi connectivity index (χ2n) is 6.50. The fourth-order valence-corrected chi connectivity index (χ4v) is 2.74. The number of carbonyl (C=O) groups is 1. The molecule has 2 heterocycles. The third-order valence-corrected chi connectivity index (χ3v) is 4.00. The first kappa shape index (κ1) is 17.8. The molecule has 23 heavy (non-hydrogen) atoms. The largest absolute Gasteiger partial charge is 0.479 e. The fraction of sp³-hybridized carbons (Fsp3) is 0.667. The van der Waals surface area contributed by atoms with Crippen LogP contribution in [0.4, 0.5) is 10.6 Å². The van der Waals surface area contributed by atoms with Crippen LogP contribution in [0.1, 0.15) is 27.7 Å². The van der Waals surface area contributed by atoms with Gasteiger partial charge >= 0.3 is 6.09 Å². The Morgan fingerprint density at radius 2 is 2.09 bits per heavy atom. The summed E-state index contributed by atoms with van der Waals surface area (Å²) in [4.78, 5) is 24.8. The van der Waals surface area contributed by atoms with Gasteiger partial charge in [-0.3, -0.25) is 0 Å². The summed E-state index contributed by atoms with van der Waals surface area (Å²) < 4.78 is 11.2. The Hall–Kier alpha value is -1.57. The molecule has 1 atom stereocenters. The smallest absolute Gasteiger partial charge is 0.410 e. The highest BCUT2D eigenvalue weighted by atomic mass is 79.9. The van der Waals surface area contributed by atoms with Gasteiger partial charge in [-0.1, -0.05) is 0 Å². The van der Waals surface area contributed by atoms with Gasteiger partial charge in [-0.15, -0.1) is 0 Å². The maximum absolute atomic E-state index is 12.2. The minimum absolute atomic E-state index is 0.0232. The number of anilines is 1. The van der Waals surface area contributed by atoms with Crippen molar-refractivity contribution in [3.8, 4) is 5.88 Å². The number of aromatic nitrogens is 2. The van der Waals surface area contributed by atoms with Crippen LogP contribution in [-0.2, 0) is 4.74 Å². The van der Waals surface area contributed by atoms with E-state index in [4.69, 9.17) is 9.47 Å².